The highest BCUT2D eigenvalue weighted by atomic mass is 79.9. The van der Waals surface area contributed by atoms with Crippen molar-refractivity contribution in [3.63, 3.8) is 0 Å². The number of rotatable bonds is 3. The third-order valence-corrected chi connectivity index (χ3v) is 4.15. The zero-order valence-electron chi connectivity index (χ0n) is 10.3. The first kappa shape index (κ1) is 12.4. The van der Waals surface area contributed by atoms with Crippen molar-refractivity contribution in [3.8, 4) is 0 Å². The van der Waals surface area contributed by atoms with Gasteiger partial charge in [0.25, 0.3) is 0 Å². The standard InChI is InChI=1S/C13H18BrN3O/c14-11-6-12(16-13(15-11)10-3-4-10)17-5-1-2-9(7-17)8-18/h6,9-10,18H,1-5,7-8H2. The Labute approximate surface area is 116 Å². The van der Waals surface area contributed by atoms with Crippen molar-refractivity contribution in [1.82, 2.24) is 9.97 Å². The lowest BCUT2D eigenvalue weighted by molar-refractivity contribution is 0.208. The van der Waals surface area contributed by atoms with Gasteiger partial charge in [0.1, 0.15) is 16.2 Å². The Bertz CT molecular complexity index is 436. The molecule has 98 valence electrons. The Morgan fingerprint density at radius 1 is 1.33 bits per heavy atom. The van der Waals surface area contributed by atoms with Gasteiger partial charge in [-0.3, -0.25) is 0 Å². The van der Waals surface area contributed by atoms with Crippen LogP contribution in [-0.2, 0) is 0 Å². The molecule has 0 radical (unpaired) electrons. The molecule has 1 saturated carbocycles. The SMILES string of the molecule is OCC1CCCN(c2cc(Br)nc(C3CC3)n2)C1. The molecule has 0 spiro atoms. The average Bonchev–Trinajstić information content (AvgIpc) is 3.22. The maximum Gasteiger partial charge on any atom is 0.135 e. The Kier molecular flexibility index (Phi) is 3.52. The predicted octanol–water partition coefficient (Wildman–Crippen LogP) is 2.33. The van der Waals surface area contributed by atoms with Crippen LogP contribution >= 0.6 is 15.9 Å². The van der Waals surface area contributed by atoms with Crippen molar-refractivity contribution in [2.24, 2.45) is 5.92 Å². The molecule has 2 aliphatic rings. The van der Waals surface area contributed by atoms with E-state index in [0.717, 1.165) is 42.2 Å². The summed E-state index contributed by atoms with van der Waals surface area (Å²) in [6.45, 7) is 2.21. The van der Waals surface area contributed by atoms with E-state index in [4.69, 9.17) is 4.98 Å². The third-order valence-electron chi connectivity index (χ3n) is 3.74. The maximum atomic E-state index is 9.29. The summed E-state index contributed by atoms with van der Waals surface area (Å²) in [5, 5.41) is 9.29. The number of hydrogen-bond donors (Lipinski definition) is 1. The van der Waals surface area contributed by atoms with Crippen LogP contribution in [0.1, 0.15) is 37.4 Å². The third kappa shape index (κ3) is 2.67. The molecule has 4 nitrogen and oxygen atoms in total. The van der Waals surface area contributed by atoms with Crippen LogP contribution in [-0.4, -0.2) is 34.8 Å². The van der Waals surface area contributed by atoms with Gasteiger partial charge >= 0.3 is 0 Å². The monoisotopic (exact) mass is 311 g/mol. The number of anilines is 1. The lowest BCUT2D eigenvalue weighted by Gasteiger charge is -2.32. The van der Waals surface area contributed by atoms with Gasteiger partial charge in [-0.2, -0.15) is 0 Å². The molecule has 5 heteroatoms. The fourth-order valence-corrected chi connectivity index (χ4v) is 2.92. The quantitative estimate of drug-likeness (QED) is 0.870. The second-order valence-electron chi connectivity index (χ2n) is 5.32. The van der Waals surface area contributed by atoms with Gasteiger partial charge in [0.05, 0.1) is 0 Å². The minimum atomic E-state index is 0.276. The van der Waals surface area contributed by atoms with E-state index in [0.29, 0.717) is 11.8 Å². The van der Waals surface area contributed by atoms with Crippen molar-refractivity contribution in [2.75, 3.05) is 24.6 Å². The summed E-state index contributed by atoms with van der Waals surface area (Å²) in [7, 11) is 0. The van der Waals surface area contributed by atoms with E-state index in [2.05, 4.69) is 25.8 Å². The zero-order valence-corrected chi connectivity index (χ0v) is 11.9. The Morgan fingerprint density at radius 3 is 2.89 bits per heavy atom. The van der Waals surface area contributed by atoms with Gasteiger partial charge in [-0.25, -0.2) is 9.97 Å². The molecule has 1 atom stereocenters. The highest BCUT2D eigenvalue weighted by Crippen LogP contribution is 2.39. The summed E-state index contributed by atoms with van der Waals surface area (Å²) in [5.74, 6) is 2.94. The van der Waals surface area contributed by atoms with Crippen LogP contribution in [0.25, 0.3) is 0 Å². The topological polar surface area (TPSA) is 49.2 Å². The summed E-state index contributed by atoms with van der Waals surface area (Å²) >= 11 is 3.48. The Balaban J connectivity index is 1.81. The highest BCUT2D eigenvalue weighted by Gasteiger charge is 2.28. The Morgan fingerprint density at radius 2 is 2.17 bits per heavy atom. The van der Waals surface area contributed by atoms with Crippen LogP contribution in [0.15, 0.2) is 10.7 Å². The van der Waals surface area contributed by atoms with E-state index < -0.39 is 0 Å². The summed E-state index contributed by atoms with van der Waals surface area (Å²) in [6.07, 6.45) is 4.69. The van der Waals surface area contributed by atoms with Crippen LogP contribution in [0.3, 0.4) is 0 Å². The lowest BCUT2D eigenvalue weighted by atomic mass is 9.99. The van der Waals surface area contributed by atoms with Gasteiger partial charge in [0, 0.05) is 31.7 Å². The van der Waals surface area contributed by atoms with E-state index in [9.17, 15) is 5.11 Å². The van der Waals surface area contributed by atoms with Crippen molar-refractivity contribution in [3.05, 3.63) is 16.5 Å². The van der Waals surface area contributed by atoms with Gasteiger partial charge in [-0.15, -0.1) is 0 Å². The zero-order chi connectivity index (χ0) is 12.5. The second kappa shape index (κ2) is 5.13. The maximum absolute atomic E-state index is 9.29. The smallest absolute Gasteiger partial charge is 0.135 e. The number of piperidine rings is 1. The van der Waals surface area contributed by atoms with Gasteiger partial charge in [-0.05, 0) is 47.5 Å². The van der Waals surface area contributed by atoms with Gasteiger partial charge in [-0.1, -0.05) is 0 Å². The van der Waals surface area contributed by atoms with E-state index in [1.165, 1.54) is 12.8 Å². The van der Waals surface area contributed by atoms with E-state index in [-0.39, 0.29) is 6.61 Å². The number of aliphatic hydroxyl groups is 1. The van der Waals surface area contributed by atoms with Crippen molar-refractivity contribution >= 4 is 21.7 Å². The second-order valence-corrected chi connectivity index (χ2v) is 6.13. The number of aromatic nitrogens is 2. The first-order chi connectivity index (χ1) is 8.76. The predicted molar refractivity (Wildman–Crippen MR) is 73.7 cm³/mol. The number of halogens is 1. The normalized spacial score (nSPS) is 24.3. The first-order valence-corrected chi connectivity index (χ1v) is 7.46. The van der Waals surface area contributed by atoms with Gasteiger partial charge < -0.3 is 10.0 Å². The highest BCUT2D eigenvalue weighted by molar-refractivity contribution is 9.10. The van der Waals surface area contributed by atoms with Crippen LogP contribution in [0, 0.1) is 5.92 Å². The summed E-state index contributed by atoms with van der Waals surface area (Å²) in [6, 6.07) is 1.99. The summed E-state index contributed by atoms with van der Waals surface area (Å²) in [4.78, 5) is 11.4. The van der Waals surface area contributed by atoms with Crippen LogP contribution < -0.4 is 4.90 Å². The number of nitrogens with zero attached hydrogens (tertiary/aromatic N) is 3. The minimum absolute atomic E-state index is 0.276. The molecule has 0 aromatic carbocycles. The average molecular weight is 312 g/mol. The summed E-state index contributed by atoms with van der Waals surface area (Å²) < 4.78 is 0.875. The lowest BCUT2D eigenvalue weighted by Crippen LogP contribution is -2.37. The Hall–Kier alpha value is -0.680. The van der Waals surface area contributed by atoms with Crippen molar-refractivity contribution in [2.45, 2.75) is 31.6 Å². The van der Waals surface area contributed by atoms with Crippen LogP contribution in [0.2, 0.25) is 0 Å². The fourth-order valence-electron chi connectivity index (χ4n) is 2.53. The molecule has 1 aliphatic heterocycles. The molecule has 1 saturated heterocycles. The van der Waals surface area contributed by atoms with Gasteiger partial charge in [0.15, 0.2) is 0 Å². The van der Waals surface area contributed by atoms with E-state index in [1.54, 1.807) is 0 Å². The first-order valence-electron chi connectivity index (χ1n) is 6.66. The summed E-state index contributed by atoms with van der Waals surface area (Å²) in [5.41, 5.74) is 0. The van der Waals surface area contributed by atoms with E-state index >= 15 is 0 Å². The van der Waals surface area contributed by atoms with Crippen molar-refractivity contribution < 1.29 is 5.11 Å². The minimum Gasteiger partial charge on any atom is -0.396 e. The number of hydrogen-bond acceptors (Lipinski definition) is 4. The fraction of sp³-hybridized carbons (Fsp3) is 0.692. The molecule has 1 aliphatic carbocycles. The van der Waals surface area contributed by atoms with E-state index in [1.807, 2.05) is 6.07 Å². The molecule has 1 N–H and O–H groups in total. The molecule has 2 heterocycles. The molecule has 1 aromatic heterocycles. The molecule has 0 bridgehead atoms. The molecule has 1 aromatic rings. The molecule has 2 fully saturated rings. The van der Waals surface area contributed by atoms with Gasteiger partial charge in [0.2, 0.25) is 0 Å². The van der Waals surface area contributed by atoms with Crippen molar-refractivity contribution in [1.29, 1.82) is 0 Å². The molecule has 0 amide bonds. The van der Waals surface area contributed by atoms with Crippen LogP contribution in [0.4, 0.5) is 5.82 Å². The molecular weight excluding hydrogens is 294 g/mol. The van der Waals surface area contributed by atoms with Crippen LogP contribution in [0.5, 0.6) is 0 Å². The molecule has 18 heavy (non-hydrogen) atoms. The molecule has 1 unspecified atom stereocenters. The largest absolute Gasteiger partial charge is 0.396 e. The molecular formula is C13H18BrN3O. The molecule has 3 rings (SSSR count). The number of aliphatic hydroxyl groups excluding tert-OH is 1.